The minimum Gasteiger partial charge on any atom is -0.378 e. The topological polar surface area (TPSA) is 23.5 Å². The van der Waals surface area contributed by atoms with Crippen molar-refractivity contribution in [2.45, 2.75) is 64.5 Å². The normalized spacial score (nSPS) is 21.0. The Morgan fingerprint density at radius 3 is 2.43 bits per heavy atom. The average Bonchev–Trinajstić information content (AvgIpc) is 2.25. The van der Waals surface area contributed by atoms with E-state index >= 15 is 0 Å². The van der Waals surface area contributed by atoms with Gasteiger partial charge in [0.15, 0.2) is 0 Å². The summed E-state index contributed by atoms with van der Waals surface area (Å²) in [5, 5.41) is 9.90. The molecule has 1 atom stereocenters. The van der Waals surface area contributed by atoms with Crippen LogP contribution in [0.2, 0.25) is 0 Å². The zero-order chi connectivity index (χ0) is 10.2. The molecule has 1 aliphatic rings. The number of likely N-dealkylation sites (tertiary alicyclic amines) is 1. The molecular formula is C12H25NO. The molecule has 0 aromatic rings. The van der Waals surface area contributed by atoms with Crippen LogP contribution in [0.4, 0.5) is 0 Å². The third-order valence-electron chi connectivity index (χ3n) is 3.13. The van der Waals surface area contributed by atoms with Crippen molar-refractivity contribution in [3.8, 4) is 0 Å². The first-order valence-corrected chi connectivity index (χ1v) is 6.26. The van der Waals surface area contributed by atoms with E-state index < -0.39 is 0 Å². The molecule has 84 valence electrons. The van der Waals surface area contributed by atoms with Gasteiger partial charge in [0.1, 0.15) is 6.23 Å². The van der Waals surface area contributed by atoms with Crippen LogP contribution in [0.1, 0.15) is 58.3 Å². The van der Waals surface area contributed by atoms with Crippen molar-refractivity contribution < 1.29 is 5.11 Å². The van der Waals surface area contributed by atoms with E-state index in [1.807, 2.05) is 0 Å². The Morgan fingerprint density at radius 2 is 1.79 bits per heavy atom. The Morgan fingerprint density at radius 1 is 1.07 bits per heavy atom. The molecule has 14 heavy (non-hydrogen) atoms. The van der Waals surface area contributed by atoms with Crippen LogP contribution in [0.3, 0.4) is 0 Å². The molecule has 0 saturated carbocycles. The summed E-state index contributed by atoms with van der Waals surface area (Å²) in [7, 11) is 0. The van der Waals surface area contributed by atoms with Gasteiger partial charge in [-0.2, -0.15) is 0 Å². The van der Waals surface area contributed by atoms with Gasteiger partial charge in [-0.3, -0.25) is 4.90 Å². The van der Waals surface area contributed by atoms with E-state index in [1.54, 1.807) is 0 Å². The number of hydrogen-bond donors (Lipinski definition) is 1. The first-order valence-electron chi connectivity index (χ1n) is 6.26. The molecule has 1 heterocycles. The van der Waals surface area contributed by atoms with Gasteiger partial charge >= 0.3 is 0 Å². The van der Waals surface area contributed by atoms with Crippen molar-refractivity contribution in [1.82, 2.24) is 4.90 Å². The molecule has 0 radical (unpaired) electrons. The summed E-state index contributed by atoms with van der Waals surface area (Å²) >= 11 is 0. The fourth-order valence-corrected chi connectivity index (χ4v) is 2.15. The highest BCUT2D eigenvalue weighted by molar-refractivity contribution is 4.67. The maximum Gasteiger partial charge on any atom is 0.107 e. The molecule has 0 aliphatic carbocycles. The second-order valence-corrected chi connectivity index (χ2v) is 4.43. The maximum atomic E-state index is 9.90. The van der Waals surface area contributed by atoms with Gasteiger partial charge in [0, 0.05) is 13.1 Å². The lowest BCUT2D eigenvalue weighted by atomic mass is 10.1. The summed E-state index contributed by atoms with van der Waals surface area (Å²) in [6.07, 6.45) is 9.75. The molecule has 0 bridgehead atoms. The monoisotopic (exact) mass is 199 g/mol. The largest absolute Gasteiger partial charge is 0.378 e. The van der Waals surface area contributed by atoms with Gasteiger partial charge in [0.05, 0.1) is 0 Å². The van der Waals surface area contributed by atoms with Crippen LogP contribution in [0.5, 0.6) is 0 Å². The maximum absolute atomic E-state index is 9.90. The molecule has 0 amide bonds. The lowest BCUT2D eigenvalue weighted by Gasteiger charge is -2.31. The molecule has 1 N–H and O–H groups in total. The average molecular weight is 199 g/mol. The second-order valence-electron chi connectivity index (χ2n) is 4.43. The first kappa shape index (κ1) is 12.0. The minimum absolute atomic E-state index is 0.160. The van der Waals surface area contributed by atoms with Gasteiger partial charge in [-0.05, 0) is 25.7 Å². The van der Waals surface area contributed by atoms with Gasteiger partial charge < -0.3 is 5.11 Å². The first-order chi connectivity index (χ1) is 6.84. The molecule has 0 aromatic carbocycles. The fourth-order valence-electron chi connectivity index (χ4n) is 2.15. The summed E-state index contributed by atoms with van der Waals surface area (Å²) in [5.41, 5.74) is 0. The molecular weight excluding hydrogens is 174 g/mol. The number of piperidine rings is 1. The fraction of sp³-hybridized carbons (Fsp3) is 1.00. The highest BCUT2D eigenvalue weighted by Gasteiger charge is 2.17. The van der Waals surface area contributed by atoms with Gasteiger partial charge in [-0.25, -0.2) is 0 Å². The van der Waals surface area contributed by atoms with Crippen molar-refractivity contribution in [1.29, 1.82) is 0 Å². The standard InChI is InChI=1S/C12H25NO/c1-2-3-4-6-9-12(14)13-10-7-5-8-11-13/h12,14H,2-11H2,1H3. The third kappa shape index (κ3) is 4.43. The van der Waals surface area contributed by atoms with E-state index in [0.717, 1.165) is 19.5 Å². The minimum atomic E-state index is -0.160. The summed E-state index contributed by atoms with van der Waals surface area (Å²) in [6, 6.07) is 0. The zero-order valence-electron chi connectivity index (χ0n) is 9.54. The number of aliphatic hydroxyl groups excluding tert-OH is 1. The van der Waals surface area contributed by atoms with E-state index in [9.17, 15) is 5.11 Å². The molecule has 2 nitrogen and oxygen atoms in total. The summed E-state index contributed by atoms with van der Waals surface area (Å²) in [5.74, 6) is 0. The van der Waals surface area contributed by atoms with Crippen LogP contribution in [0.15, 0.2) is 0 Å². The zero-order valence-corrected chi connectivity index (χ0v) is 9.54. The molecule has 0 aromatic heterocycles. The van der Waals surface area contributed by atoms with Gasteiger partial charge in [0.25, 0.3) is 0 Å². The van der Waals surface area contributed by atoms with Crippen LogP contribution in [-0.4, -0.2) is 29.3 Å². The van der Waals surface area contributed by atoms with Crippen LogP contribution in [0, 0.1) is 0 Å². The van der Waals surface area contributed by atoms with Crippen LogP contribution >= 0.6 is 0 Å². The summed E-state index contributed by atoms with van der Waals surface area (Å²) in [4.78, 5) is 2.25. The predicted octanol–water partition coefficient (Wildman–Crippen LogP) is 2.76. The van der Waals surface area contributed by atoms with Crippen molar-refractivity contribution >= 4 is 0 Å². The lowest BCUT2D eigenvalue weighted by Crippen LogP contribution is -2.38. The van der Waals surface area contributed by atoms with Gasteiger partial charge in [-0.15, -0.1) is 0 Å². The van der Waals surface area contributed by atoms with Crippen molar-refractivity contribution in [3.05, 3.63) is 0 Å². The number of aliphatic hydroxyl groups is 1. The highest BCUT2D eigenvalue weighted by atomic mass is 16.3. The third-order valence-corrected chi connectivity index (χ3v) is 3.13. The molecule has 0 spiro atoms. The summed E-state index contributed by atoms with van der Waals surface area (Å²) in [6.45, 7) is 4.44. The number of hydrogen-bond acceptors (Lipinski definition) is 2. The summed E-state index contributed by atoms with van der Waals surface area (Å²) < 4.78 is 0. The van der Waals surface area contributed by atoms with Crippen LogP contribution in [0.25, 0.3) is 0 Å². The van der Waals surface area contributed by atoms with Crippen molar-refractivity contribution in [3.63, 3.8) is 0 Å². The molecule has 1 aliphatic heterocycles. The number of unbranched alkanes of at least 4 members (excludes halogenated alkanes) is 3. The quantitative estimate of drug-likeness (QED) is 0.665. The number of nitrogens with zero attached hydrogens (tertiary/aromatic N) is 1. The van der Waals surface area contributed by atoms with Crippen molar-refractivity contribution in [2.75, 3.05) is 13.1 Å². The van der Waals surface area contributed by atoms with Crippen LogP contribution in [-0.2, 0) is 0 Å². The molecule has 1 unspecified atom stereocenters. The van der Waals surface area contributed by atoms with Gasteiger partial charge in [-0.1, -0.05) is 32.6 Å². The van der Waals surface area contributed by atoms with E-state index in [2.05, 4.69) is 11.8 Å². The van der Waals surface area contributed by atoms with E-state index in [4.69, 9.17) is 0 Å². The Kier molecular flexibility index (Phi) is 6.20. The Labute approximate surface area is 88.3 Å². The highest BCUT2D eigenvalue weighted by Crippen LogP contribution is 2.15. The van der Waals surface area contributed by atoms with E-state index in [1.165, 1.54) is 44.9 Å². The van der Waals surface area contributed by atoms with Crippen LogP contribution < -0.4 is 0 Å². The second kappa shape index (κ2) is 7.24. The number of rotatable bonds is 6. The Balaban J connectivity index is 2.04. The van der Waals surface area contributed by atoms with E-state index in [-0.39, 0.29) is 6.23 Å². The smallest absolute Gasteiger partial charge is 0.107 e. The van der Waals surface area contributed by atoms with E-state index in [0.29, 0.717) is 0 Å². The Bertz CT molecular complexity index is 132. The molecule has 1 fully saturated rings. The SMILES string of the molecule is CCCCCCC(O)N1CCCCC1. The molecule has 1 saturated heterocycles. The lowest BCUT2D eigenvalue weighted by molar-refractivity contribution is -0.0148. The predicted molar refractivity (Wildman–Crippen MR) is 60.2 cm³/mol. The van der Waals surface area contributed by atoms with Gasteiger partial charge in [0.2, 0.25) is 0 Å². The molecule has 1 rings (SSSR count). The molecule has 2 heteroatoms. The van der Waals surface area contributed by atoms with Crippen molar-refractivity contribution in [2.24, 2.45) is 0 Å². The Hall–Kier alpha value is -0.0800.